The van der Waals surface area contributed by atoms with Gasteiger partial charge in [-0.2, -0.15) is 0 Å². The first kappa shape index (κ1) is 14.9. The summed E-state index contributed by atoms with van der Waals surface area (Å²) in [6.07, 6.45) is 0. The van der Waals surface area contributed by atoms with E-state index in [1.54, 1.807) is 27.0 Å². The Morgan fingerprint density at radius 1 is 1.22 bits per heavy atom. The summed E-state index contributed by atoms with van der Waals surface area (Å²) in [5.41, 5.74) is 5.75. The number of nitrogen functional groups attached to an aromatic ring is 1. The second-order valence-electron chi connectivity index (χ2n) is 5.43. The Morgan fingerprint density at radius 2 is 1.83 bits per heavy atom. The van der Waals surface area contributed by atoms with Crippen LogP contribution in [-0.2, 0) is 4.65 Å². The highest BCUT2D eigenvalue weighted by molar-refractivity contribution is 6.47. The molecule has 0 atom stereocenters. The molecule has 0 radical (unpaired) electrons. The molecular formula is C13H22BNO3. The first-order valence-electron chi connectivity index (χ1n) is 5.96. The zero-order chi connectivity index (χ0) is 14.0. The Balaban J connectivity index is 2.75. The van der Waals surface area contributed by atoms with Crippen LogP contribution in [0.3, 0.4) is 0 Å². The van der Waals surface area contributed by atoms with Crippen LogP contribution >= 0.6 is 0 Å². The third-order valence-corrected chi connectivity index (χ3v) is 3.37. The Hall–Kier alpha value is -1.20. The number of rotatable bonds is 5. The van der Waals surface area contributed by atoms with Gasteiger partial charge >= 0.3 is 7.48 Å². The molecule has 1 aromatic rings. The zero-order valence-corrected chi connectivity index (χ0v) is 11.8. The van der Waals surface area contributed by atoms with E-state index < -0.39 is 11.2 Å². The van der Waals surface area contributed by atoms with Gasteiger partial charge in [-0.05, 0) is 45.3 Å². The van der Waals surface area contributed by atoms with Gasteiger partial charge in [0, 0.05) is 0 Å². The van der Waals surface area contributed by atoms with Crippen molar-refractivity contribution in [1.29, 1.82) is 0 Å². The second-order valence-corrected chi connectivity index (χ2v) is 5.43. The molecule has 5 heteroatoms. The van der Waals surface area contributed by atoms with Gasteiger partial charge in [0.05, 0.1) is 24.0 Å². The van der Waals surface area contributed by atoms with E-state index in [-0.39, 0.29) is 0 Å². The van der Waals surface area contributed by atoms with Gasteiger partial charge in [0.2, 0.25) is 0 Å². The molecule has 0 bridgehead atoms. The van der Waals surface area contributed by atoms with Crippen molar-refractivity contribution in [2.45, 2.75) is 38.9 Å². The maximum atomic E-state index is 10.00. The normalized spacial score (nSPS) is 12.3. The minimum absolute atomic E-state index is 0.396. The first-order chi connectivity index (χ1) is 8.17. The molecule has 100 valence electrons. The van der Waals surface area contributed by atoms with Crippen molar-refractivity contribution in [3.63, 3.8) is 0 Å². The number of hydrogen-bond acceptors (Lipinski definition) is 4. The van der Waals surface area contributed by atoms with Crippen molar-refractivity contribution in [2.75, 3.05) is 12.8 Å². The molecule has 0 saturated heterocycles. The van der Waals surface area contributed by atoms with Gasteiger partial charge in [-0.25, -0.2) is 0 Å². The van der Waals surface area contributed by atoms with Gasteiger partial charge in [-0.3, -0.25) is 0 Å². The fourth-order valence-electron chi connectivity index (χ4n) is 1.29. The predicted octanol–water partition coefficient (Wildman–Crippen LogP) is 0.820. The Morgan fingerprint density at radius 3 is 2.33 bits per heavy atom. The first-order valence-corrected chi connectivity index (χ1v) is 5.96. The minimum Gasteiger partial charge on any atom is -0.495 e. The quantitative estimate of drug-likeness (QED) is 0.600. The van der Waals surface area contributed by atoms with Crippen LogP contribution in [-0.4, -0.2) is 30.9 Å². The fraction of sp³-hybridized carbons (Fsp3) is 0.538. The summed E-state index contributed by atoms with van der Waals surface area (Å²) >= 11 is 0. The second kappa shape index (κ2) is 5.20. The molecule has 0 fully saturated rings. The molecule has 0 saturated carbocycles. The highest BCUT2D eigenvalue weighted by Gasteiger charge is 2.35. The molecule has 1 aromatic carbocycles. The van der Waals surface area contributed by atoms with Crippen LogP contribution in [0.4, 0.5) is 5.69 Å². The lowest BCUT2D eigenvalue weighted by atomic mass is 9.82. The van der Waals surface area contributed by atoms with E-state index in [0.29, 0.717) is 18.9 Å². The van der Waals surface area contributed by atoms with Crippen molar-refractivity contribution in [1.82, 2.24) is 0 Å². The average molecular weight is 251 g/mol. The van der Waals surface area contributed by atoms with Crippen molar-refractivity contribution in [3.05, 3.63) is 18.2 Å². The van der Waals surface area contributed by atoms with Crippen LogP contribution in [0.25, 0.3) is 0 Å². The smallest absolute Gasteiger partial charge is 0.309 e. The number of hydrogen-bond donors (Lipinski definition) is 2. The highest BCUT2D eigenvalue weighted by atomic mass is 16.5. The molecule has 1 rings (SSSR count). The monoisotopic (exact) mass is 251 g/mol. The molecule has 0 aliphatic carbocycles. The minimum atomic E-state index is -0.912. The number of anilines is 1. The van der Waals surface area contributed by atoms with E-state index in [4.69, 9.17) is 15.1 Å². The average Bonchev–Trinajstić information content (AvgIpc) is 2.26. The zero-order valence-electron chi connectivity index (χ0n) is 11.8. The van der Waals surface area contributed by atoms with Crippen molar-refractivity contribution in [2.24, 2.45) is 0 Å². The van der Waals surface area contributed by atoms with Crippen LogP contribution in [0.15, 0.2) is 18.2 Å². The molecular weight excluding hydrogens is 229 g/mol. The largest absolute Gasteiger partial charge is 0.495 e. The molecule has 0 unspecified atom stereocenters. The maximum absolute atomic E-state index is 10.00. The third-order valence-electron chi connectivity index (χ3n) is 3.37. The summed E-state index contributed by atoms with van der Waals surface area (Å²) in [6.45, 7) is 7.19. The number of aliphatic hydroxyl groups is 1. The molecule has 0 spiro atoms. The van der Waals surface area contributed by atoms with Gasteiger partial charge in [-0.1, -0.05) is 6.07 Å². The SMILES string of the molecule is COc1cc(BOC(C)(C)C(C)(C)O)ccc1N. The lowest BCUT2D eigenvalue weighted by Crippen LogP contribution is -2.49. The summed E-state index contributed by atoms with van der Waals surface area (Å²) in [4.78, 5) is 0. The van der Waals surface area contributed by atoms with Crippen LogP contribution in [0.2, 0.25) is 0 Å². The van der Waals surface area contributed by atoms with Gasteiger partial charge in [0.25, 0.3) is 0 Å². The molecule has 0 heterocycles. The summed E-state index contributed by atoms with van der Waals surface area (Å²) in [7, 11) is 1.98. The third kappa shape index (κ3) is 3.40. The molecule has 18 heavy (non-hydrogen) atoms. The van der Waals surface area contributed by atoms with E-state index in [1.165, 1.54) is 0 Å². The Bertz CT molecular complexity index is 413. The Labute approximate surface area is 109 Å². The van der Waals surface area contributed by atoms with Crippen molar-refractivity contribution in [3.8, 4) is 5.75 Å². The standard InChI is InChI=1S/C13H22BNO3/c1-12(2,16)13(3,4)18-14-9-6-7-10(15)11(8-9)17-5/h6-8,14,16H,15H2,1-5H3. The van der Waals surface area contributed by atoms with E-state index in [2.05, 4.69) is 0 Å². The maximum Gasteiger partial charge on any atom is 0.309 e. The lowest BCUT2D eigenvalue weighted by molar-refractivity contribution is -0.0893. The topological polar surface area (TPSA) is 64.7 Å². The van der Waals surface area contributed by atoms with Crippen LogP contribution < -0.4 is 15.9 Å². The van der Waals surface area contributed by atoms with Crippen molar-refractivity contribution >= 4 is 18.6 Å². The van der Waals surface area contributed by atoms with E-state index in [0.717, 1.165) is 5.46 Å². The van der Waals surface area contributed by atoms with E-state index in [9.17, 15) is 5.11 Å². The van der Waals surface area contributed by atoms with E-state index in [1.807, 2.05) is 26.0 Å². The van der Waals surface area contributed by atoms with Crippen molar-refractivity contribution < 1.29 is 14.5 Å². The van der Waals surface area contributed by atoms with Gasteiger partial charge < -0.3 is 20.2 Å². The number of nitrogens with two attached hydrogens (primary N) is 1. The lowest BCUT2D eigenvalue weighted by Gasteiger charge is -2.37. The van der Waals surface area contributed by atoms with Gasteiger partial charge in [-0.15, -0.1) is 0 Å². The summed E-state index contributed by atoms with van der Waals surface area (Å²) < 4.78 is 10.9. The molecule has 0 amide bonds. The number of benzene rings is 1. The highest BCUT2D eigenvalue weighted by Crippen LogP contribution is 2.24. The molecule has 3 N–H and O–H groups in total. The molecule has 0 aromatic heterocycles. The summed E-state index contributed by atoms with van der Waals surface area (Å²) in [6, 6.07) is 5.52. The van der Waals surface area contributed by atoms with Gasteiger partial charge in [0.15, 0.2) is 0 Å². The van der Waals surface area contributed by atoms with Crippen LogP contribution in [0.1, 0.15) is 27.7 Å². The summed E-state index contributed by atoms with van der Waals surface area (Å²) in [5, 5.41) is 10.00. The Kier molecular flexibility index (Phi) is 4.30. The molecule has 4 nitrogen and oxygen atoms in total. The van der Waals surface area contributed by atoms with Gasteiger partial charge in [0.1, 0.15) is 5.75 Å². The van der Waals surface area contributed by atoms with E-state index >= 15 is 0 Å². The number of methoxy groups -OCH3 is 1. The van der Waals surface area contributed by atoms with Crippen LogP contribution in [0, 0.1) is 0 Å². The molecule has 0 aliphatic heterocycles. The van der Waals surface area contributed by atoms with Crippen LogP contribution in [0.5, 0.6) is 5.75 Å². The molecule has 0 aliphatic rings. The predicted molar refractivity (Wildman–Crippen MR) is 75.7 cm³/mol. The summed E-state index contributed by atoms with van der Waals surface area (Å²) in [5.74, 6) is 0.636. The fourth-order valence-corrected chi connectivity index (χ4v) is 1.29. The number of ether oxygens (including phenoxy) is 1.